The van der Waals surface area contributed by atoms with Crippen molar-refractivity contribution in [3.05, 3.63) is 78.4 Å². The molecular formula is C25H27NO3S. The Morgan fingerprint density at radius 1 is 0.933 bits per heavy atom. The zero-order valence-corrected chi connectivity index (χ0v) is 18.2. The van der Waals surface area contributed by atoms with Crippen LogP contribution in [0.4, 0.5) is 0 Å². The second kappa shape index (κ2) is 10.8. The van der Waals surface area contributed by atoms with Crippen LogP contribution in [0.2, 0.25) is 0 Å². The van der Waals surface area contributed by atoms with E-state index in [2.05, 4.69) is 29.6 Å². The average molecular weight is 422 g/mol. The van der Waals surface area contributed by atoms with Crippen LogP contribution >= 0.6 is 11.8 Å². The monoisotopic (exact) mass is 421 g/mol. The lowest BCUT2D eigenvalue weighted by molar-refractivity contribution is -0.152. The van der Waals surface area contributed by atoms with Crippen molar-refractivity contribution in [2.75, 3.05) is 5.75 Å². The highest BCUT2D eigenvalue weighted by atomic mass is 32.2. The van der Waals surface area contributed by atoms with E-state index < -0.39 is 12.1 Å². The van der Waals surface area contributed by atoms with Gasteiger partial charge in [0.1, 0.15) is 0 Å². The van der Waals surface area contributed by atoms with E-state index in [1.807, 2.05) is 55.5 Å². The van der Waals surface area contributed by atoms with Gasteiger partial charge in [-0.1, -0.05) is 60.7 Å². The summed E-state index contributed by atoms with van der Waals surface area (Å²) in [4.78, 5) is 25.5. The van der Waals surface area contributed by atoms with Crippen LogP contribution in [0.1, 0.15) is 25.8 Å². The summed E-state index contributed by atoms with van der Waals surface area (Å²) in [5.41, 5.74) is 1.24. The van der Waals surface area contributed by atoms with Crippen LogP contribution in [0.5, 0.6) is 0 Å². The maximum atomic E-state index is 12.3. The lowest BCUT2D eigenvalue weighted by atomic mass is 10.1. The number of esters is 1. The first-order valence-electron chi connectivity index (χ1n) is 10.2. The molecule has 0 heterocycles. The van der Waals surface area contributed by atoms with E-state index in [1.165, 1.54) is 17.3 Å². The van der Waals surface area contributed by atoms with E-state index in [9.17, 15) is 9.59 Å². The fourth-order valence-corrected chi connectivity index (χ4v) is 3.87. The maximum Gasteiger partial charge on any atom is 0.317 e. The quantitative estimate of drug-likeness (QED) is 0.390. The molecule has 0 radical (unpaired) electrons. The molecule has 0 unspecified atom stereocenters. The minimum absolute atomic E-state index is 0.00540. The van der Waals surface area contributed by atoms with E-state index in [0.717, 1.165) is 28.5 Å². The van der Waals surface area contributed by atoms with E-state index in [4.69, 9.17) is 4.74 Å². The van der Waals surface area contributed by atoms with Gasteiger partial charge < -0.3 is 10.1 Å². The van der Waals surface area contributed by atoms with Crippen molar-refractivity contribution in [2.24, 2.45) is 0 Å². The molecule has 0 aliphatic heterocycles. The summed E-state index contributed by atoms with van der Waals surface area (Å²) >= 11 is 1.41. The standard InChI is InChI=1S/C25H27NO3S/c1-18(12-13-20-8-4-3-5-9-20)26-25(28)19(2)29-24(27)17-30-23-15-14-21-10-6-7-11-22(21)16-23/h3-11,14-16,18-19H,12-13,17H2,1-2H3,(H,26,28)/t18-,19-/m0/s1. The van der Waals surface area contributed by atoms with Gasteiger partial charge in [-0.05, 0) is 55.2 Å². The van der Waals surface area contributed by atoms with Crippen molar-refractivity contribution in [1.29, 1.82) is 0 Å². The second-order valence-electron chi connectivity index (χ2n) is 7.36. The molecule has 2 atom stereocenters. The molecule has 1 amide bonds. The smallest absolute Gasteiger partial charge is 0.317 e. The number of nitrogens with one attached hydrogen (secondary N) is 1. The molecule has 0 aromatic heterocycles. The van der Waals surface area contributed by atoms with Gasteiger partial charge in [0.25, 0.3) is 5.91 Å². The van der Waals surface area contributed by atoms with Crippen LogP contribution in [-0.4, -0.2) is 29.8 Å². The van der Waals surface area contributed by atoms with Gasteiger partial charge in [0.2, 0.25) is 0 Å². The number of amides is 1. The summed E-state index contributed by atoms with van der Waals surface area (Å²) in [6.07, 6.45) is 0.904. The Kier molecular flexibility index (Phi) is 7.91. The van der Waals surface area contributed by atoms with Crippen molar-refractivity contribution in [2.45, 2.75) is 43.7 Å². The van der Waals surface area contributed by atoms with Crippen molar-refractivity contribution >= 4 is 34.4 Å². The Labute approximate surface area is 182 Å². The Hall–Kier alpha value is -2.79. The minimum Gasteiger partial charge on any atom is -0.452 e. The largest absolute Gasteiger partial charge is 0.452 e. The summed E-state index contributed by atoms with van der Waals surface area (Å²) in [6, 6.07) is 24.3. The highest BCUT2D eigenvalue weighted by Gasteiger charge is 2.19. The highest BCUT2D eigenvalue weighted by Crippen LogP contribution is 2.23. The number of carbonyl (C=O) groups excluding carboxylic acids is 2. The van der Waals surface area contributed by atoms with Crippen molar-refractivity contribution in [1.82, 2.24) is 5.32 Å². The molecule has 0 spiro atoms. The van der Waals surface area contributed by atoms with Crippen LogP contribution in [0.25, 0.3) is 10.8 Å². The van der Waals surface area contributed by atoms with Crippen molar-refractivity contribution in [3.8, 4) is 0 Å². The van der Waals surface area contributed by atoms with Gasteiger partial charge in [0.05, 0.1) is 5.75 Å². The number of hydrogen-bond donors (Lipinski definition) is 1. The normalized spacial score (nSPS) is 12.9. The van der Waals surface area contributed by atoms with Gasteiger partial charge in [0, 0.05) is 10.9 Å². The molecule has 0 aliphatic rings. The third-order valence-electron chi connectivity index (χ3n) is 4.85. The van der Waals surface area contributed by atoms with E-state index >= 15 is 0 Å². The lowest BCUT2D eigenvalue weighted by Crippen LogP contribution is -2.41. The van der Waals surface area contributed by atoms with Gasteiger partial charge in [-0.3, -0.25) is 9.59 Å². The van der Waals surface area contributed by atoms with Crippen molar-refractivity contribution < 1.29 is 14.3 Å². The number of aryl methyl sites for hydroxylation is 1. The van der Waals surface area contributed by atoms with Crippen LogP contribution < -0.4 is 5.32 Å². The molecule has 0 fully saturated rings. The second-order valence-corrected chi connectivity index (χ2v) is 8.41. The molecule has 156 valence electrons. The molecule has 0 saturated heterocycles. The number of ether oxygens (including phenoxy) is 1. The molecule has 3 rings (SSSR count). The van der Waals surface area contributed by atoms with Crippen molar-refractivity contribution in [3.63, 3.8) is 0 Å². The van der Waals surface area contributed by atoms with Gasteiger partial charge in [-0.15, -0.1) is 11.8 Å². The number of fused-ring (bicyclic) bond motifs is 1. The Bertz CT molecular complexity index is 990. The molecular weight excluding hydrogens is 394 g/mol. The molecule has 5 heteroatoms. The topological polar surface area (TPSA) is 55.4 Å². The zero-order valence-electron chi connectivity index (χ0n) is 17.3. The summed E-state index contributed by atoms with van der Waals surface area (Å²) in [7, 11) is 0. The van der Waals surface area contributed by atoms with Gasteiger partial charge in [-0.25, -0.2) is 0 Å². The lowest BCUT2D eigenvalue weighted by Gasteiger charge is -2.18. The maximum absolute atomic E-state index is 12.3. The van der Waals surface area contributed by atoms with Crippen LogP contribution in [0.15, 0.2) is 77.7 Å². The van der Waals surface area contributed by atoms with Crippen LogP contribution in [0, 0.1) is 0 Å². The Balaban J connectivity index is 1.40. The molecule has 3 aromatic rings. The number of carbonyl (C=O) groups is 2. The summed E-state index contributed by atoms with van der Waals surface area (Å²) in [5.74, 6) is -0.494. The highest BCUT2D eigenvalue weighted by molar-refractivity contribution is 8.00. The molecule has 3 aromatic carbocycles. The van der Waals surface area contributed by atoms with Gasteiger partial charge in [0.15, 0.2) is 6.10 Å². The third kappa shape index (κ3) is 6.63. The van der Waals surface area contributed by atoms with Gasteiger partial charge in [-0.2, -0.15) is 0 Å². The third-order valence-corrected chi connectivity index (χ3v) is 5.82. The summed E-state index contributed by atoms with van der Waals surface area (Å²) in [6.45, 7) is 3.57. The van der Waals surface area contributed by atoms with E-state index in [0.29, 0.717) is 0 Å². The molecule has 4 nitrogen and oxygen atoms in total. The predicted octanol–water partition coefficient (Wildman–Crippen LogP) is 5.00. The average Bonchev–Trinajstić information content (AvgIpc) is 2.76. The Morgan fingerprint density at radius 3 is 2.40 bits per heavy atom. The molecule has 30 heavy (non-hydrogen) atoms. The molecule has 0 aliphatic carbocycles. The molecule has 1 N–H and O–H groups in total. The van der Waals surface area contributed by atoms with Gasteiger partial charge >= 0.3 is 5.97 Å². The first-order chi connectivity index (χ1) is 14.5. The number of benzene rings is 3. The minimum atomic E-state index is -0.811. The fourth-order valence-electron chi connectivity index (χ4n) is 3.14. The first kappa shape index (κ1) is 21.9. The van der Waals surface area contributed by atoms with Crippen LogP contribution in [-0.2, 0) is 20.7 Å². The fraction of sp³-hybridized carbons (Fsp3) is 0.280. The summed E-state index contributed by atoms with van der Waals surface area (Å²) in [5, 5.41) is 5.22. The van der Waals surface area contributed by atoms with E-state index in [1.54, 1.807) is 6.92 Å². The van der Waals surface area contributed by atoms with Crippen LogP contribution in [0.3, 0.4) is 0 Å². The zero-order chi connectivity index (χ0) is 21.3. The summed E-state index contributed by atoms with van der Waals surface area (Å²) < 4.78 is 5.31. The number of thioether (sulfide) groups is 1. The first-order valence-corrected chi connectivity index (χ1v) is 11.1. The number of hydrogen-bond acceptors (Lipinski definition) is 4. The molecule has 0 bridgehead atoms. The predicted molar refractivity (Wildman–Crippen MR) is 123 cm³/mol. The Morgan fingerprint density at radius 2 is 1.63 bits per heavy atom. The molecule has 0 saturated carbocycles. The SMILES string of the molecule is C[C@H](OC(=O)CSc1ccc2ccccc2c1)C(=O)N[C@@H](C)CCc1ccccc1. The van der Waals surface area contributed by atoms with E-state index in [-0.39, 0.29) is 17.7 Å². The number of rotatable bonds is 9.